The number of nitrogen functional groups attached to an aromatic ring is 1. The van der Waals surface area contributed by atoms with Crippen molar-refractivity contribution in [1.82, 2.24) is 14.5 Å². The van der Waals surface area contributed by atoms with Crippen LogP contribution in [-0.2, 0) is 11.8 Å². The van der Waals surface area contributed by atoms with E-state index >= 15 is 0 Å². The molecule has 3 N–H and O–H groups in total. The third kappa shape index (κ3) is 2.66. The maximum absolute atomic E-state index is 12.5. The van der Waals surface area contributed by atoms with Crippen LogP contribution in [-0.4, -0.2) is 27.6 Å². The molecule has 25 heavy (non-hydrogen) atoms. The van der Waals surface area contributed by atoms with Crippen molar-refractivity contribution in [1.29, 1.82) is 0 Å². The number of rotatable bonds is 2. The molecule has 0 saturated carbocycles. The number of H-pyrrole nitrogens is 1. The molecule has 1 aromatic carbocycles. The molecule has 0 aliphatic rings. The lowest BCUT2D eigenvalue weighted by atomic mass is 9.97. The summed E-state index contributed by atoms with van der Waals surface area (Å²) in [4.78, 5) is 42.8. The lowest BCUT2D eigenvalue weighted by Crippen LogP contribution is -2.30. The zero-order valence-electron chi connectivity index (χ0n) is 13.3. The van der Waals surface area contributed by atoms with Gasteiger partial charge in [0.05, 0.1) is 12.5 Å². The fourth-order valence-corrected chi connectivity index (χ4v) is 2.82. The molecule has 0 atom stereocenters. The average Bonchev–Trinajstić information content (AvgIpc) is 2.58. The SMILES string of the molecule is COC(=O)c1c(N)nc2c(c1-c1cccc(Cl)c1)c(=O)[nH]c(=O)n2C. The summed E-state index contributed by atoms with van der Waals surface area (Å²) >= 11 is 6.04. The van der Waals surface area contributed by atoms with E-state index in [1.807, 2.05) is 0 Å². The van der Waals surface area contributed by atoms with Crippen molar-refractivity contribution >= 4 is 34.4 Å². The van der Waals surface area contributed by atoms with Crippen molar-refractivity contribution in [3.05, 3.63) is 55.7 Å². The molecule has 3 aromatic rings. The smallest absolute Gasteiger partial charge is 0.342 e. The number of fused-ring (bicyclic) bond motifs is 1. The van der Waals surface area contributed by atoms with Gasteiger partial charge in [-0.2, -0.15) is 0 Å². The van der Waals surface area contributed by atoms with E-state index in [4.69, 9.17) is 22.1 Å². The Morgan fingerprint density at radius 1 is 1.36 bits per heavy atom. The zero-order valence-corrected chi connectivity index (χ0v) is 14.0. The fourth-order valence-electron chi connectivity index (χ4n) is 2.63. The molecule has 0 amide bonds. The van der Waals surface area contributed by atoms with E-state index in [0.717, 1.165) is 4.57 Å². The maximum Gasteiger partial charge on any atom is 0.342 e. The van der Waals surface area contributed by atoms with Crippen LogP contribution in [0.3, 0.4) is 0 Å². The Morgan fingerprint density at radius 2 is 2.08 bits per heavy atom. The number of hydrogen-bond acceptors (Lipinski definition) is 6. The van der Waals surface area contributed by atoms with Gasteiger partial charge < -0.3 is 10.5 Å². The number of esters is 1. The van der Waals surface area contributed by atoms with Gasteiger partial charge in [0, 0.05) is 17.6 Å². The van der Waals surface area contributed by atoms with E-state index in [9.17, 15) is 14.4 Å². The van der Waals surface area contributed by atoms with E-state index in [-0.39, 0.29) is 28.0 Å². The number of ether oxygens (including phenoxy) is 1. The van der Waals surface area contributed by atoms with Gasteiger partial charge in [0.25, 0.3) is 5.56 Å². The molecule has 0 radical (unpaired) electrons. The van der Waals surface area contributed by atoms with Crippen LogP contribution in [0.15, 0.2) is 33.9 Å². The Kier molecular flexibility index (Phi) is 4.05. The predicted octanol–water partition coefficient (Wildman–Crippen LogP) is 1.31. The number of pyridine rings is 1. The summed E-state index contributed by atoms with van der Waals surface area (Å²) in [6.07, 6.45) is 0. The summed E-state index contributed by atoms with van der Waals surface area (Å²) in [7, 11) is 2.63. The number of carbonyl (C=O) groups is 1. The number of halogens is 1. The van der Waals surface area contributed by atoms with Crippen LogP contribution in [0.2, 0.25) is 5.02 Å². The number of anilines is 1. The second kappa shape index (κ2) is 6.06. The zero-order chi connectivity index (χ0) is 18.3. The lowest BCUT2D eigenvalue weighted by molar-refractivity contribution is 0.0602. The standard InChI is InChI=1S/C16H13ClN4O4/c1-21-13-11(14(22)20-16(21)24)9(7-4-3-5-8(17)6-7)10(12(18)19-13)15(23)25-2/h3-6H,1-2H3,(H2,18,19)(H,20,22,24). The number of carbonyl (C=O) groups excluding carboxylic acids is 1. The van der Waals surface area contributed by atoms with Crippen molar-refractivity contribution in [3.63, 3.8) is 0 Å². The first-order valence-electron chi connectivity index (χ1n) is 7.12. The highest BCUT2D eigenvalue weighted by molar-refractivity contribution is 6.31. The Hall–Kier alpha value is -3.13. The molecule has 9 heteroatoms. The lowest BCUT2D eigenvalue weighted by Gasteiger charge is -2.14. The molecule has 0 aliphatic heterocycles. The number of hydrogen-bond donors (Lipinski definition) is 2. The minimum absolute atomic E-state index is 0.0407. The van der Waals surface area contributed by atoms with Crippen LogP contribution in [0.4, 0.5) is 5.82 Å². The van der Waals surface area contributed by atoms with E-state index in [1.165, 1.54) is 14.2 Å². The van der Waals surface area contributed by atoms with Gasteiger partial charge in [-0.15, -0.1) is 0 Å². The van der Waals surface area contributed by atoms with Crippen LogP contribution in [0.25, 0.3) is 22.2 Å². The monoisotopic (exact) mass is 360 g/mol. The molecule has 128 valence electrons. The normalized spacial score (nSPS) is 10.8. The maximum atomic E-state index is 12.5. The Bertz CT molecular complexity index is 1130. The molecule has 0 saturated heterocycles. The highest BCUT2D eigenvalue weighted by atomic mass is 35.5. The molecule has 0 unspecified atom stereocenters. The minimum atomic E-state index is -0.755. The quantitative estimate of drug-likeness (QED) is 0.665. The molecule has 0 aliphatic carbocycles. The number of aryl methyl sites for hydroxylation is 1. The Labute approximate surface area is 145 Å². The number of aromatic amines is 1. The number of benzene rings is 1. The van der Waals surface area contributed by atoms with Crippen molar-refractivity contribution in [2.24, 2.45) is 7.05 Å². The van der Waals surface area contributed by atoms with Crippen molar-refractivity contribution in [2.45, 2.75) is 0 Å². The van der Waals surface area contributed by atoms with Crippen LogP contribution in [0.5, 0.6) is 0 Å². The number of methoxy groups -OCH3 is 1. The van der Waals surface area contributed by atoms with Gasteiger partial charge in [-0.1, -0.05) is 23.7 Å². The molecule has 0 spiro atoms. The predicted molar refractivity (Wildman–Crippen MR) is 93.8 cm³/mol. The van der Waals surface area contributed by atoms with Crippen LogP contribution >= 0.6 is 11.6 Å². The number of nitrogens with zero attached hydrogens (tertiary/aromatic N) is 2. The molecule has 8 nitrogen and oxygen atoms in total. The first kappa shape index (κ1) is 16.7. The average molecular weight is 361 g/mol. The second-order valence-corrected chi connectivity index (χ2v) is 5.70. The molecule has 0 fully saturated rings. The third-order valence-corrected chi connectivity index (χ3v) is 4.01. The summed E-state index contributed by atoms with van der Waals surface area (Å²) in [5, 5.41) is 0.442. The first-order chi connectivity index (χ1) is 11.8. The van der Waals surface area contributed by atoms with E-state index in [2.05, 4.69) is 9.97 Å². The fraction of sp³-hybridized carbons (Fsp3) is 0.125. The van der Waals surface area contributed by atoms with Crippen molar-refractivity contribution in [2.75, 3.05) is 12.8 Å². The number of nitrogens with two attached hydrogens (primary N) is 1. The largest absolute Gasteiger partial charge is 0.465 e. The third-order valence-electron chi connectivity index (χ3n) is 3.78. The molecule has 0 bridgehead atoms. The van der Waals surface area contributed by atoms with Gasteiger partial charge in [-0.25, -0.2) is 14.6 Å². The van der Waals surface area contributed by atoms with E-state index < -0.39 is 17.2 Å². The van der Waals surface area contributed by atoms with E-state index in [1.54, 1.807) is 24.3 Å². The second-order valence-electron chi connectivity index (χ2n) is 5.27. The highest BCUT2D eigenvalue weighted by Gasteiger charge is 2.25. The van der Waals surface area contributed by atoms with Crippen LogP contribution < -0.4 is 17.0 Å². The van der Waals surface area contributed by atoms with Gasteiger partial charge in [0.1, 0.15) is 11.4 Å². The van der Waals surface area contributed by atoms with Crippen LogP contribution in [0, 0.1) is 0 Å². The summed E-state index contributed by atoms with van der Waals surface area (Å²) < 4.78 is 5.92. The molecule has 3 rings (SSSR count). The summed E-state index contributed by atoms with van der Waals surface area (Å²) in [5.41, 5.74) is 5.25. The molecule has 2 heterocycles. The Balaban J connectivity index is 2.62. The minimum Gasteiger partial charge on any atom is -0.465 e. The van der Waals surface area contributed by atoms with Gasteiger partial charge in [0.2, 0.25) is 0 Å². The summed E-state index contributed by atoms with van der Waals surface area (Å²) in [5.74, 6) is -0.912. The first-order valence-corrected chi connectivity index (χ1v) is 7.49. The summed E-state index contributed by atoms with van der Waals surface area (Å²) in [6, 6.07) is 6.55. The van der Waals surface area contributed by atoms with Gasteiger partial charge in [0.15, 0.2) is 5.65 Å². The van der Waals surface area contributed by atoms with Gasteiger partial charge in [-0.3, -0.25) is 14.3 Å². The molecule has 2 aromatic heterocycles. The van der Waals surface area contributed by atoms with Gasteiger partial charge in [-0.05, 0) is 17.7 Å². The van der Waals surface area contributed by atoms with E-state index in [0.29, 0.717) is 10.6 Å². The Morgan fingerprint density at radius 3 is 2.72 bits per heavy atom. The van der Waals surface area contributed by atoms with Crippen molar-refractivity contribution < 1.29 is 9.53 Å². The van der Waals surface area contributed by atoms with Crippen LogP contribution in [0.1, 0.15) is 10.4 Å². The topological polar surface area (TPSA) is 120 Å². The van der Waals surface area contributed by atoms with Crippen molar-refractivity contribution in [3.8, 4) is 11.1 Å². The number of aromatic nitrogens is 3. The van der Waals surface area contributed by atoms with Gasteiger partial charge >= 0.3 is 11.7 Å². The molecular weight excluding hydrogens is 348 g/mol. The molecular formula is C16H13ClN4O4. The summed E-state index contributed by atoms with van der Waals surface area (Å²) in [6.45, 7) is 0. The number of nitrogens with one attached hydrogen (secondary N) is 1. The highest BCUT2D eigenvalue weighted by Crippen LogP contribution is 2.33.